The van der Waals surface area contributed by atoms with E-state index in [1.165, 1.54) is 12.1 Å². The first-order valence-electron chi connectivity index (χ1n) is 6.05. The van der Waals surface area contributed by atoms with Gasteiger partial charge >= 0.3 is 0 Å². The molecule has 0 aliphatic carbocycles. The van der Waals surface area contributed by atoms with Crippen LogP contribution in [0.4, 0.5) is 4.39 Å². The molecule has 4 heteroatoms. The summed E-state index contributed by atoms with van der Waals surface area (Å²) >= 11 is 1.96. The van der Waals surface area contributed by atoms with Crippen LogP contribution in [0.5, 0.6) is 0 Å². The van der Waals surface area contributed by atoms with E-state index < -0.39 is 0 Å². The van der Waals surface area contributed by atoms with Crippen molar-refractivity contribution < 1.29 is 4.39 Å². The SMILES string of the molecule is CC1(C)CN(Cc2cc(C#N)ccc2F)CCS1. The lowest BCUT2D eigenvalue weighted by molar-refractivity contribution is 0.249. The summed E-state index contributed by atoms with van der Waals surface area (Å²) in [4.78, 5) is 2.26. The van der Waals surface area contributed by atoms with Crippen LogP contribution in [-0.4, -0.2) is 28.5 Å². The van der Waals surface area contributed by atoms with Crippen molar-refractivity contribution >= 4 is 11.8 Å². The van der Waals surface area contributed by atoms with Crippen LogP contribution in [-0.2, 0) is 6.54 Å². The number of thioether (sulfide) groups is 1. The van der Waals surface area contributed by atoms with E-state index in [1.54, 1.807) is 6.07 Å². The van der Waals surface area contributed by atoms with E-state index in [-0.39, 0.29) is 10.6 Å². The fraction of sp³-hybridized carbons (Fsp3) is 0.500. The largest absolute Gasteiger partial charge is 0.297 e. The minimum atomic E-state index is -0.218. The highest BCUT2D eigenvalue weighted by Crippen LogP contribution is 2.30. The highest BCUT2D eigenvalue weighted by molar-refractivity contribution is 8.00. The van der Waals surface area contributed by atoms with E-state index in [4.69, 9.17) is 5.26 Å². The molecule has 96 valence electrons. The Balaban J connectivity index is 2.12. The molecule has 0 saturated carbocycles. The molecule has 2 rings (SSSR count). The van der Waals surface area contributed by atoms with Crippen molar-refractivity contribution in [2.75, 3.05) is 18.8 Å². The van der Waals surface area contributed by atoms with Crippen LogP contribution in [0.2, 0.25) is 0 Å². The lowest BCUT2D eigenvalue weighted by Crippen LogP contribution is -2.42. The summed E-state index contributed by atoms with van der Waals surface area (Å²) in [6.45, 7) is 6.95. The van der Waals surface area contributed by atoms with E-state index in [2.05, 4.69) is 24.8 Å². The van der Waals surface area contributed by atoms with Crippen LogP contribution < -0.4 is 0 Å². The van der Waals surface area contributed by atoms with Crippen LogP contribution in [0.15, 0.2) is 18.2 Å². The predicted molar refractivity (Wildman–Crippen MR) is 72.9 cm³/mol. The fourth-order valence-electron chi connectivity index (χ4n) is 2.26. The molecular formula is C14H17FN2S. The topological polar surface area (TPSA) is 27.0 Å². The number of hydrogen-bond acceptors (Lipinski definition) is 3. The molecule has 0 radical (unpaired) electrons. The lowest BCUT2D eigenvalue weighted by atomic mass is 10.1. The maximum Gasteiger partial charge on any atom is 0.127 e. The smallest absolute Gasteiger partial charge is 0.127 e. The lowest BCUT2D eigenvalue weighted by Gasteiger charge is -2.37. The van der Waals surface area contributed by atoms with Gasteiger partial charge in [-0.3, -0.25) is 4.90 Å². The van der Waals surface area contributed by atoms with Gasteiger partial charge < -0.3 is 0 Å². The Kier molecular flexibility index (Phi) is 3.94. The highest BCUT2D eigenvalue weighted by atomic mass is 32.2. The zero-order valence-corrected chi connectivity index (χ0v) is 11.6. The van der Waals surface area contributed by atoms with Crippen molar-refractivity contribution in [2.24, 2.45) is 0 Å². The van der Waals surface area contributed by atoms with Crippen molar-refractivity contribution in [3.05, 3.63) is 35.1 Å². The minimum absolute atomic E-state index is 0.218. The number of nitrogens with zero attached hydrogens (tertiary/aromatic N) is 2. The van der Waals surface area contributed by atoms with Crippen LogP contribution in [0.25, 0.3) is 0 Å². The summed E-state index contributed by atoms with van der Waals surface area (Å²) < 4.78 is 13.9. The molecule has 1 fully saturated rings. The fourth-order valence-corrected chi connectivity index (χ4v) is 3.43. The molecule has 1 aliphatic rings. The van der Waals surface area contributed by atoms with Crippen LogP contribution in [0.1, 0.15) is 25.0 Å². The molecule has 0 N–H and O–H groups in total. The molecule has 0 atom stereocenters. The third-order valence-electron chi connectivity index (χ3n) is 3.07. The summed E-state index contributed by atoms with van der Waals surface area (Å²) in [5, 5.41) is 8.85. The molecule has 1 saturated heterocycles. The molecule has 0 bridgehead atoms. The normalized spacial score (nSPS) is 19.4. The molecule has 0 amide bonds. The van der Waals surface area contributed by atoms with Gasteiger partial charge in [-0.05, 0) is 32.0 Å². The number of hydrogen-bond donors (Lipinski definition) is 0. The van der Waals surface area contributed by atoms with Crippen molar-refractivity contribution in [3.8, 4) is 6.07 Å². The van der Waals surface area contributed by atoms with Crippen LogP contribution >= 0.6 is 11.8 Å². The van der Waals surface area contributed by atoms with Crippen molar-refractivity contribution in [2.45, 2.75) is 25.1 Å². The van der Waals surface area contributed by atoms with Crippen molar-refractivity contribution in [1.29, 1.82) is 5.26 Å². The minimum Gasteiger partial charge on any atom is -0.297 e. The van der Waals surface area contributed by atoms with E-state index in [1.807, 2.05) is 11.8 Å². The van der Waals surface area contributed by atoms with E-state index >= 15 is 0 Å². The van der Waals surface area contributed by atoms with Gasteiger partial charge in [0.2, 0.25) is 0 Å². The molecule has 1 aromatic carbocycles. The van der Waals surface area contributed by atoms with E-state index in [0.29, 0.717) is 17.7 Å². The Morgan fingerprint density at radius 2 is 2.28 bits per heavy atom. The van der Waals surface area contributed by atoms with Crippen LogP contribution in [0.3, 0.4) is 0 Å². The van der Waals surface area contributed by atoms with Gasteiger partial charge in [-0.15, -0.1) is 0 Å². The molecular weight excluding hydrogens is 247 g/mol. The molecule has 1 heterocycles. The van der Waals surface area contributed by atoms with E-state index in [0.717, 1.165) is 18.8 Å². The van der Waals surface area contributed by atoms with Crippen LogP contribution in [0, 0.1) is 17.1 Å². The Labute approximate surface area is 112 Å². The molecule has 0 unspecified atom stereocenters. The maximum atomic E-state index is 13.7. The van der Waals surface area contributed by atoms with Gasteiger partial charge in [0.1, 0.15) is 5.82 Å². The number of nitriles is 1. The summed E-state index contributed by atoms with van der Waals surface area (Å²) in [6.07, 6.45) is 0. The number of benzene rings is 1. The zero-order valence-electron chi connectivity index (χ0n) is 10.7. The first kappa shape index (κ1) is 13.4. The van der Waals surface area contributed by atoms with Gasteiger partial charge in [0, 0.05) is 35.7 Å². The Hall–Kier alpha value is -1.05. The average Bonchev–Trinajstić information content (AvgIpc) is 2.31. The number of halogens is 1. The van der Waals surface area contributed by atoms with Gasteiger partial charge in [-0.1, -0.05) is 0 Å². The molecule has 18 heavy (non-hydrogen) atoms. The third-order valence-corrected chi connectivity index (χ3v) is 4.37. The Morgan fingerprint density at radius 3 is 2.94 bits per heavy atom. The molecule has 1 aliphatic heterocycles. The average molecular weight is 264 g/mol. The zero-order chi connectivity index (χ0) is 13.2. The van der Waals surface area contributed by atoms with Gasteiger partial charge in [-0.25, -0.2) is 4.39 Å². The quantitative estimate of drug-likeness (QED) is 0.821. The highest BCUT2D eigenvalue weighted by Gasteiger charge is 2.27. The summed E-state index contributed by atoms with van der Waals surface area (Å²) in [5.41, 5.74) is 1.15. The maximum absolute atomic E-state index is 13.7. The summed E-state index contributed by atoms with van der Waals surface area (Å²) in [6, 6.07) is 6.62. The summed E-state index contributed by atoms with van der Waals surface area (Å²) in [5.74, 6) is 0.858. The Morgan fingerprint density at radius 1 is 1.50 bits per heavy atom. The molecule has 1 aromatic rings. The third kappa shape index (κ3) is 3.24. The van der Waals surface area contributed by atoms with Gasteiger partial charge in [0.25, 0.3) is 0 Å². The predicted octanol–water partition coefficient (Wildman–Crippen LogP) is 3.02. The standard InChI is InChI=1S/C14H17FN2S/c1-14(2)10-17(5-6-18-14)9-12-7-11(8-16)3-4-13(12)15/h3-4,7H,5-6,9-10H2,1-2H3. The number of rotatable bonds is 2. The second-order valence-corrected chi connectivity index (χ2v) is 7.04. The molecule has 0 aromatic heterocycles. The second-order valence-electron chi connectivity index (χ2n) is 5.24. The van der Waals surface area contributed by atoms with E-state index in [9.17, 15) is 4.39 Å². The van der Waals surface area contributed by atoms with Gasteiger partial charge in [0.05, 0.1) is 11.6 Å². The first-order valence-corrected chi connectivity index (χ1v) is 7.03. The monoisotopic (exact) mass is 264 g/mol. The second kappa shape index (κ2) is 5.29. The molecule has 2 nitrogen and oxygen atoms in total. The first-order chi connectivity index (χ1) is 8.50. The van der Waals surface area contributed by atoms with Crippen molar-refractivity contribution in [1.82, 2.24) is 4.90 Å². The van der Waals surface area contributed by atoms with Gasteiger partial charge in [-0.2, -0.15) is 17.0 Å². The molecule has 0 spiro atoms. The summed E-state index contributed by atoms with van der Waals surface area (Å²) in [7, 11) is 0. The Bertz CT molecular complexity index is 479. The van der Waals surface area contributed by atoms with Gasteiger partial charge in [0.15, 0.2) is 0 Å². The van der Waals surface area contributed by atoms with Crippen molar-refractivity contribution in [3.63, 3.8) is 0 Å².